The molecule has 8 nitrogen and oxygen atoms in total. The average Bonchev–Trinajstić information content (AvgIpc) is 3.25. The summed E-state index contributed by atoms with van der Waals surface area (Å²) >= 11 is 6.33. The molecule has 1 aromatic heterocycles. The average molecular weight is 467 g/mol. The molecule has 0 saturated carbocycles. The molecule has 2 aliphatic heterocycles. The molecule has 0 radical (unpaired) electrons. The molecule has 10 heteroatoms. The lowest BCUT2D eigenvalue weighted by atomic mass is 9.73. The number of rotatable bonds is 6. The van der Waals surface area contributed by atoms with E-state index in [0.717, 1.165) is 29.9 Å². The van der Waals surface area contributed by atoms with Gasteiger partial charge in [0.25, 0.3) is 0 Å². The largest absolute Gasteiger partial charge is 0.495 e. The minimum atomic E-state index is -3.02. The molecule has 1 fully saturated rings. The van der Waals surface area contributed by atoms with Crippen molar-refractivity contribution in [2.45, 2.75) is 31.3 Å². The molecule has 0 bridgehead atoms. The highest BCUT2D eigenvalue weighted by molar-refractivity contribution is 7.90. The predicted octanol–water partition coefficient (Wildman–Crippen LogP) is 2.10. The van der Waals surface area contributed by atoms with Gasteiger partial charge < -0.3 is 9.64 Å². The van der Waals surface area contributed by atoms with Crippen LogP contribution in [0.5, 0.6) is 5.75 Å². The number of likely N-dealkylation sites (tertiary alicyclic amines) is 1. The van der Waals surface area contributed by atoms with Crippen molar-refractivity contribution in [1.29, 1.82) is 0 Å². The van der Waals surface area contributed by atoms with Gasteiger partial charge in [0.15, 0.2) is 0 Å². The zero-order valence-electron chi connectivity index (χ0n) is 18.0. The van der Waals surface area contributed by atoms with Crippen LogP contribution in [0.15, 0.2) is 24.5 Å². The van der Waals surface area contributed by atoms with Crippen LogP contribution in [0.25, 0.3) is 0 Å². The van der Waals surface area contributed by atoms with Crippen molar-refractivity contribution in [3.63, 3.8) is 0 Å². The molecule has 2 aromatic rings. The Morgan fingerprint density at radius 2 is 1.97 bits per heavy atom. The number of hydrogen-bond donors (Lipinski definition) is 0. The minimum Gasteiger partial charge on any atom is -0.495 e. The summed E-state index contributed by atoms with van der Waals surface area (Å²) in [5.41, 5.74) is 2.23. The van der Waals surface area contributed by atoms with E-state index in [1.165, 1.54) is 6.26 Å². The molecule has 1 aromatic carbocycles. The molecule has 0 atom stereocenters. The number of methoxy groups -OCH3 is 1. The number of nitrogens with zero attached hydrogens (tertiary/aromatic N) is 4. The molecule has 4 rings (SSSR count). The summed E-state index contributed by atoms with van der Waals surface area (Å²) in [5.74, 6) is 0.789. The number of halogens is 1. The smallest absolute Gasteiger partial charge is 0.237 e. The minimum absolute atomic E-state index is 0.0708. The van der Waals surface area contributed by atoms with Crippen LogP contribution in [0, 0.1) is 0 Å². The third-order valence-electron chi connectivity index (χ3n) is 6.32. The summed E-state index contributed by atoms with van der Waals surface area (Å²) in [5, 5.41) is 4.84. The molecule has 2 aliphatic rings. The fourth-order valence-corrected chi connectivity index (χ4v) is 5.41. The number of carbonyl (C=O) groups is 1. The number of anilines is 1. The van der Waals surface area contributed by atoms with E-state index in [1.54, 1.807) is 36.0 Å². The van der Waals surface area contributed by atoms with E-state index in [4.69, 9.17) is 16.3 Å². The Hall–Kier alpha value is -2.10. The number of aromatic nitrogens is 2. The van der Waals surface area contributed by atoms with Gasteiger partial charge >= 0.3 is 0 Å². The van der Waals surface area contributed by atoms with Crippen LogP contribution in [-0.2, 0) is 33.1 Å². The van der Waals surface area contributed by atoms with E-state index >= 15 is 0 Å². The van der Waals surface area contributed by atoms with Crippen molar-refractivity contribution in [2.75, 3.05) is 44.2 Å². The maximum atomic E-state index is 13.3. The molecule has 1 amide bonds. The second-order valence-electron chi connectivity index (χ2n) is 8.47. The molecule has 0 aliphatic carbocycles. The van der Waals surface area contributed by atoms with Crippen molar-refractivity contribution in [3.05, 3.63) is 40.7 Å². The lowest BCUT2D eigenvalue weighted by Gasteiger charge is -2.38. The molecular weight excluding hydrogens is 440 g/mol. The van der Waals surface area contributed by atoms with Gasteiger partial charge in [-0.3, -0.25) is 14.4 Å². The SMILES string of the molecule is COc1cc(Cl)cc2c1N(C)C(=O)C21CCN(Cc2cnn(CCS(C)(=O)=O)c2)CC1. The summed E-state index contributed by atoms with van der Waals surface area (Å²) in [4.78, 5) is 17.3. The van der Waals surface area contributed by atoms with Gasteiger partial charge in [-0.1, -0.05) is 11.6 Å². The fraction of sp³-hybridized carbons (Fsp3) is 0.524. The molecule has 31 heavy (non-hydrogen) atoms. The van der Waals surface area contributed by atoms with Gasteiger partial charge in [0.2, 0.25) is 5.91 Å². The number of hydrogen-bond acceptors (Lipinski definition) is 6. The van der Waals surface area contributed by atoms with Crippen molar-refractivity contribution in [2.24, 2.45) is 0 Å². The standard InChI is InChI=1S/C21H27ClN4O4S/c1-24-19-17(10-16(22)11-18(19)30-2)21(20(24)27)4-6-25(7-5-21)13-15-12-23-26(14-15)8-9-31(3,28)29/h10-12,14H,4-9,13H2,1-3H3. The van der Waals surface area contributed by atoms with E-state index in [2.05, 4.69) is 10.00 Å². The van der Waals surface area contributed by atoms with Crippen LogP contribution in [-0.4, -0.2) is 68.3 Å². The van der Waals surface area contributed by atoms with Gasteiger partial charge in [0.1, 0.15) is 15.6 Å². The molecule has 3 heterocycles. The van der Waals surface area contributed by atoms with Gasteiger partial charge in [-0.15, -0.1) is 0 Å². The number of ether oxygens (including phenoxy) is 1. The molecular formula is C21H27ClN4O4S. The maximum Gasteiger partial charge on any atom is 0.237 e. The Morgan fingerprint density at radius 1 is 1.26 bits per heavy atom. The molecule has 1 spiro atoms. The summed E-state index contributed by atoms with van der Waals surface area (Å²) < 4.78 is 29.9. The second-order valence-corrected chi connectivity index (χ2v) is 11.2. The summed E-state index contributed by atoms with van der Waals surface area (Å²) in [6, 6.07) is 3.65. The number of carbonyl (C=O) groups excluding carboxylic acids is 1. The first-order chi connectivity index (χ1) is 14.6. The van der Waals surface area contributed by atoms with Crippen molar-refractivity contribution < 1.29 is 17.9 Å². The van der Waals surface area contributed by atoms with E-state index in [9.17, 15) is 13.2 Å². The number of piperidine rings is 1. The zero-order chi connectivity index (χ0) is 22.4. The van der Waals surface area contributed by atoms with Gasteiger partial charge in [-0.2, -0.15) is 5.10 Å². The van der Waals surface area contributed by atoms with Gasteiger partial charge in [-0.05, 0) is 37.6 Å². The number of amides is 1. The third-order valence-corrected chi connectivity index (χ3v) is 7.46. The van der Waals surface area contributed by atoms with Gasteiger partial charge in [-0.25, -0.2) is 8.42 Å². The lowest BCUT2D eigenvalue weighted by molar-refractivity contribution is -0.124. The molecule has 168 valence electrons. The number of aryl methyl sites for hydroxylation is 1. The first kappa shape index (κ1) is 22.1. The summed E-state index contributed by atoms with van der Waals surface area (Å²) in [7, 11) is 0.365. The first-order valence-electron chi connectivity index (χ1n) is 10.2. The second kappa shape index (κ2) is 8.11. The maximum absolute atomic E-state index is 13.3. The van der Waals surface area contributed by atoms with Crippen LogP contribution in [0.3, 0.4) is 0 Å². The first-order valence-corrected chi connectivity index (χ1v) is 12.6. The summed E-state index contributed by atoms with van der Waals surface area (Å²) in [6.45, 7) is 2.59. The highest BCUT2D eigenvalue weighted by atomic mass is 35.5. The monoisotopic (exact) mass is 466 g/mol. The van der Waals surface area contributed by atoms with E-state index in [-0.39, 0.29) is 11.7 Å². The lowest BCUT2D eigenvalue weighted by Crippen LogP contribution is -2.47. The van der Waals surface area contributed by atoms with E-state index in [1.807, 2.05) is 12.3 Å². The zero-order valence-corrected chi connectivity index (χ0v) is 19.5. The number of likely N-dealkylation sites (N-methyl/N-ethyl adjacent to an activating group) is 1. The molecule has 1 saturated heterocycles. The Bertz CT molecular complexity index is 1110. The van der Waals surface area contributed by atoms with Gasteiger partial charge in [0, 0.05) is 42.7 Å². The highest BCUT2D eigenvalue weighted by Gasteiger charge is 2.52. The Balaban J connectivity index is 1.47. The normalized spacial score (nSPS) is 18.6. The number of fused-ring (bicyclic) bond motifs is 2. The van der Waals surface area contributed by atoms with E-state index < -0.39 is 15.3 Å². The predicted molar refractivity (Wildman–Crippen MR) is 120 cm³/mol. The van der Waals surface area contributed by atoms with Crippen LogP contribution < -0.4 is 9.64 Å². The van der Waals surface area contributed by atoms with Gasteiger partial charge in [0.05, 0.1) is 36.7 Å². The number of sulfone groups is 1. The van der Waals surface area contributed by atoms with Crippen molar-refractivity contribution >= 4 is 33.0 Å². The van der Waals surface area contributed by atoms with Crippen molar-refractivity contribution in [1.82, 2.24) is 14.7 Å². The Kier molecular flexibility index (Phi) is 5.78. The fourth-order valence-electron chi connectivity index (χ4n) is 4.68. The molecule has 0 N–H and O–H groups in total. The van der Waals surface area contributed by atoms with Crippen LogP contribution >= 0.6 is 11.6 Å². The van der Waals surface area contributed by atoms with Crippen LogP contribution in [0.1, 0.15) is 24.0 Å². The van der Waals surface area contributed by atoms with Crippen molar-refractivity contribution in [3.8, 4) is 5.75 Å². The summed E-state index contributed by atoms with van der Waals surface area (Å²) in [6.07, 6.45) is 6.30. The quantitative estimate of drug-likeness (QED) is 0.648. The Labute approximate surface area is 187 Å². The molecule has 0 unspecified atom stereocenters. The third kappa shape index (κ3) is 4.18. The topological polar surface area (TPSA) is 84.7 Å². The van der Waals surface area contributed by atoms with Crippen LogP contribution in [0.2, 0.25) is 5.02 Å². The number of benzene rings is 1. The highest BCUT2D eigenvalue weighted by Crippen LogP contribution is 2.52. The Morgan fingerprint density at radius 3 is 2.61 bits per heavy atom. The van der Waals surface area contributed by atoms with Crippen LogP contribution in [0.4, 0.5) is 5.69 Å². The van der Waals surface area contributed by atoms with E-state index in [0.29, 0.717) is 36.7 Å².